The molecule has 0 atom stereocenters. The van der Waals surface area contributed by atoms with Gasteiger partial charge >= 0.3 is 6.18 Å². The Hall–Kier alpha value is -2.64. The molecule has 0 aliphatic rings. The van der Waals surface area contributed by atoms with E-state index in [4.69, 9.17) is 0 Å². The van der Waals surface area contributed by atoms with Gasteiger partial charge in [0.05, 0.1) is 12.0 Å². The molecule has 2 rings (SSSR count). The van der Waals surface area contributed by atoms with E-state index in [0.717, 1.165) is 5.52 Å². The number of aromatic nitrogens is 1. The quantitative estimate of drug-likeness (QED) is 0.673. The monoisotopic (exact) mass is 311 g/mol. The van der Waals surface area contributed by atoms with Crippen molar-refractivity contribution in [2.24, 2.45) is 5.10 Å². The van der Waals surface area contributed by atoms with Crippen LogP contribution in [0, 0.1) is 0 Å². The number of halogens is 3. The van der Waals surface area contributed by atoms with Crippen molar-refractivity contribution in [2.75, 3.05) is 0 Å². The third-order valence-electron chi connectivity index (χ3n) is 2.91. The lowest BCUT2D eigenvalue weighted by molar-refractivity contribution is -0.169. The van der Waals surface area contributed by atoms with Crippen LogP contribution < -0.4 is 5.43 Å². The van der Waals surface area contributed by atoms with Gasteiger partial charge in [0, 0.05) is 22.8 Å². The second-order valence-corrected chi connectivity index (χ2v) is 4.63. The minimum atomic E-state index is -4.91. The molecule has 2 N–H and O–H groups in total. The van der Waals surface area contributed by atoms with Crippen LogP contribution in [-0.4, -0.2) is 28.6 Å². The standard InChI is InChI=1S/C14H12F3N3O2/c1-8(6-12(21)14(15,16)17)19-20-13(22)10-7-18-11-5-3-2-4-9(10)11/h2-5,7,18H,6H2,1H3,(H,20,22). The minimum absolute atomic E-state index is 0.129. The molecule has 0 spiro atoms. The van der Waals surface area contributed by atoms with Crippen LogP contribution in [0.15, 0.2) is 35.6 Å². The van der Waals surface area contributed by atoms with Crippen LogP contribution in [0.4, 0.5) is 13.2 Å². The maximum Gasteiger partial charge on any atom is 0.450 e. The minimum Gasteiger partial charge on any atom is -0.360 e. The molecule has 0 aliphatic heterocycles. The number of nitrogens with zero attached hydrogens (tertiary/aromatic N) is 1. The number of benzene rings is 1. The van der Waals surface area contributed by atoms with Gasteiger partial charge in [-0.3, -0.25) is 9.59 Å². The number of Topliss-reactive ketones (excluding diaryl/α,β-unsaturated/α-hetero) is 1. The van der Waals surface area contributed by atoms with Gasteiger partial charge in [-0.15, -0.1) is 0 Å². The van der Waals surface area contributed by atoms with Crippen LogP contribution in [0.1, 0.15) is 23.7 Å². The van der Waals surface area contributed by atoms with Gasteiger partial charge in [0.2, 0.25) is 5.78 Å². The molecule has 0 bridgehead atoms. The van der Waals surface area contributed by atoms with E-state index in [1.807, 2.05) is 0 Å². The second kappa shape index (κ2) is 6.00. The van der Waals surface area contributed by atoms with Crippen LogP contribution in [-0.2, 0) is 4.79 Å². The first-order chi connectivity index (χ1) is 10.3. The lowest BCUT2D eigenvalue weighted by Crippen LogP contribution is -2.26. The van der Waals surface area contributed by atoms with E-state index >= 15 is 0 Å². The van der Waals surface area contributed by atoms with E-state index in [-0.39, 0.29) is 5.71 Å². The van der Waals surface area contributed by atoms with Crippen LogP contribution >= 0.6 is 0 Å². The molecule has 5 nitrogen and oxygen atoms in total. The summed E-state index contributed by atoms with van der Waals surface area (Å²) < 4.78 is 36.3. The van der Waals surface area contributed by atoms with Gasteiger partial charge in [-0.25, -0.2) is 5.43 Å². The summed E-state index contributed by atoms with van der Waals surface area (Å²) in [5, 5.41) is 4.19. The summed E-state index contributed by atoms with van der Waals surface area (Å²) in [6.45, 7) is 1.24. The molecular formula is C14H12F3N3O2. The predicted octanol–water partition coefficient (Wildman–Crippen LogP) is 2.80. The molecule has 22 heavy (non-hydrogen) atoms. The maximum absolute atomic E-state index is 12.1. The molecule has 116 valence electrons. The number of alkyl halides is 3. The Balaban J connectivity index is 2.06. The van der Waals surface area contributed by atoms with Gasteiger partial charge in [0.15, 0.2) is 0 Å². The van der Waals surface area contributed by atoms with Crippen molar-refractivity contribution < 1.29 is 22.8 Å². The van der Waals surface area contributed by atoms with Crippen molar-refractivity contribution >= 4 is 28.3 Å². The van der Waals surface area contributed by atoms with E-state index in [1.165, 1.54) is 13.1 Å². The lowest BCUT2D eigenvalue weighted by atomic mass is 10.2. The normalized spacial score (nSPS) is 12.5. The summed E-state index contributed by atoms with van der Waals surface area (Å²) in [6.07, 6.45) is -4.32. The Morgan fingerprint density at radius 1 is 1.27 bits per heavy atom. The number of hydrogen-bond donors (Lipinski definition) is 2. The molecule has 0 saturated heterocycles. The molecule has 0 unspecified atom stereocenters. The number of hydrazone groups is 1. The van der Waals surface area contributed by atoms with Gasteiger partial charge in [-0.1, -0.05) is 18.2 Å². The van der Waals surface area contributed by atoms with E-state index < -0.39 is 24.3 Å². The zero-order valence-electron chi connectivity index (χ0n) is 11.5. The highest BCUT2D eigenvalue weighted by Crippen LogP contribution is 2.18. The summed E-state index contributed by atoms with van der Waals surface area (Å²) in [5.74, 6) is -2.48. The zero-order valence-corrected chi connectivity index (χ0v) is 11.5. The molecule has 0 radical (unpaired) electrons. The first-order valence-corrected chi connectivity index (χ1v) is 6.28. The number of amides is 1. The number of para-hydroxylation sites is 1. The third kappa shape index (κ3) is 3.51. The molecule has 1 amide bonds. The number of carbonyl (C=O) groups is 2. The first-order valence-electron chi connectivity index (χ1n) is 6.28. The van der Waals surface area contributed by atoms with Crippen molar-refractivity contribution in [3.8, 4) is 0 Å². The number of ketones is 1. The number of hydrogen-bond acceptors (Lipinski definition) is 3. The van der Waals surface area contributed by atoms with Gasteiger partial charge in [0.25, 0.3) is 5.91 Å². The number of carbonyl (C=O) groups excluding carboxylic acids is 2. The second-order valence-electron chi connectivity index (χ2n) is 4.63. The van der Waals surface area contributed by atoms with E-state index in [0.29, 0.717) is 10.9 Å². The fraction of sp³-hybridized carbons (Fsp3) is 0.214. The summed E-state index contributed by atoms with van der Waals surface area (Å²) in [4.78, 5) is 25.7. The van der Waals surface area contributed by atoms with Crippen LogP contribution in [0.2, 0.25) is 0 Å². The smallest absolute Gasteiger partial charge is 0.360 e. The predicted molar refractivity (Wildman–Crippen MR) is 74.6 cm³/mol. The molecule has 0 saturated carbocycles. The fourth-order valence-electron chi connectivity index (χ4n) is 1.84. The Morgan fingerprint density at radius 3 is 2.64 bits per heavy atom. The molecule has 0 fully saturated rings. The number of aromatic amines is 1. The van der Waals surface area contributed by atoms with Crippen molar-refractivity contribution in [1.29, 1.82) is 0 Å². The molecule has 2 aromatic rings. The highest BCUT2D eigenvalue weighted by molar-refractivity contribution is 6.08. The third-order valence-corrected chi connectivity index (χ3v) is 2.91. The molecular weight excluding hydrogens is 299 g/mol. The SMILES string of the molecule is CC(CC(=O)C(F)(F)F)=NNC(=O)c1c[nH]c2ccccc12. The Morgan fingerprint density at radius 2 is 1.95 bits per heavy atom. The van der Waals surface area contributed by atoms with Crippen molar-refractivity contribution in [3.05, 3.63) is 36.0 Å². The van der Waals surface area contributed by atoms with Crippen LogP contribution in [0.3, 0.4) is 0 Å². The molecule has 1 heterocycles. The number of rotatable bonds is 4. The molecule has 1 aromatic heterocycles. The van der Waals surface area contributed by atoms with Crippen molar-refractivity contribution in [1.82, 2.24) is 10.4 Å². The van der Waals surface area contributed by atoms with Gasteiger partial charge < -0.3 is 4.98 Å². The summed E-state index contributed by atoms with van der Waals surface area (Å²) in [6, 6.07) is 7.06. The van der Waals surface area contributed by atoms with Crippen molar-refractivity contribution in [3.63, 3.8) is 0 Å². The highest BCUT2D eigenvalue weighted by atomic mass is 19.4. The van der Waals surface area contributed by atoms with Crippen LogP contribution in [0.5, 0.6) is 0 Å². The van der Waals surface area contributed by atoms with Crippen molar-refractivity contribution in [2.45, 2.75) is 19.5 Å². The molecule has 0 aliphatic carbocycles. The number of H-pyrrole nitrogens is 1. The molecule has 1 aromatic carbocycles. The average Bonchev–Trinajstić information content (AvgIpc) is 2.87. The Bertz CT molecular complexity index is 747. The lowest BCUT2D eigenvalue weighted by Gasteiger charge is -2.05. The summed E-state index contributed by atoms with van der Waals surface area (Å²) in [7, 11) is 0. The zero-order chi connectivity index (χ0) is 16.3. The highest BCUT2D eigenvalue weighted by Gasteiger charge is 2.38. The number of fused-ring (bicyclic) bond motifs is 1. The summed E-state index contributed by atoms with van der Waals surface area (Å²) in [5.41, 5.74) is 3.08. The van der Waals surface area contributed by atoms with E-state index in [9.17, 15) is 22.8 Å². The fourth-order valence-corrected chi connectivity index (χ4v) is 1.84. The summed E-state index contributed by atoms with van der Waals surface area (Å²) >= 11 is 0. The van der Waals surface area contributed by atoms with Gasteiger partial charge in [-0.2, -0.15) is 18.3 Å². The van der Waals surface area contributed by atoms with E-state index in [1.54, 1.807) is 24.3 Å². The van der Waals surface area contributed by atoms with E-state index in [2.05, 4.69) is 15.5 Å². The van der Waals surface area contributed by atoms with Crippen LogP contribution in [0.25, 0.3) is 10.9 Å². The molecule has 8 heteroatoms. The topological polar surface area (TPSA) is 74.3 Å². The first kappa shape index (κ1) is 15.7. The maximum atomic E-state index is 12.1. The van der Waals surface area contributed by atoms with Gasteiger partial charge in [-0.05, 0) is 13.0 Å². The largest absolute Gasteiger partial charge is 0.450 e. The van der Waals surface area contributed by atoms with Gasteiger partial charge in [0.1, 0.15) is 0 Å². The Kier molecular flexibility index (Phi) is 4.30. The Labute approximate surface area is 123 Å². The number of nitrogens with one attached hydrogen (secondary N) is 2. The average molecular weight is 311 g/mol.